The van der Waals surface area contributed by atoms with Crippen LogP contribution in [-0.4, -0.2) is 18.9 Å². The number of rotatable bonds is 6. The summed E-state index contributed by atoms with van der Waals surface area (Å²) in [7, 11) is 0. The summed E-state index contributed by atoms with van der Waals surface area (Å²) in [6.07, 6.45) is 3.52. The van der Waals surface area contributed by atoms with Crippen molar-refractivity contribution < 1.29 is 27.0 Å². The number of ether oxygens (including phenoxy) is 2. The Bertz CT molecular complexity index is 961. The van der Waals surface area contributed by atoms with Crippen molar-refractivity contribution in [2.24, 2.45) is 0 Å². The lowest BCUT2D eigenvalue weighted by atomic mass is 9.75. The minimum atomic E-state index is -1.48. The van der Waals surface area contributed by atoms with Gasteiger partial charge in [-0.1, -0.05) is 44.5 Å². The molecular formula is C27H32F4O2. The molecule has 33 heavy (non-hydrogen) atoms. The summed E-state index contributed by atoms with van der Waals surface area (Å²) in [5, 5.41) is 0. The Morgan fingerprint density at radius 3 is 2.03 bits per heavy atom. The fourth-order valence-electron chi connectivity index (χ4n) is 5.25. The maximum absolute atomic E-state index is 15.0. The van der Waals surface area contributed by atoms with Crippen LogP contribution in [0.4, 0.5) is 17.6 Å². The molecule has 1 heterocycles. The molecule has 6 heteroatoms. The Balaban J connectivity index is 1.39. The number of aryl methyl sites for hydroxylation is 1. The second kappa shape index (κ2) is 10.1. The van der Waals surface area contributed by atoms with Crippen molar-refractivity contribution in [3.05, 3.63) is 70.0 Å². The molecule has 2 aromatic carbocycles. The van der Waals surface area contributed by atoms with Gasteiger partial charge in [-0.15, -0.1) is 0 Å². The summed E-state index contributed by atoms with van der Waals surface area (Å²) < 4.78 is 69.4. The van der Waals surface area contributed by atoms with Crippen molar-refractivity contribution in [2.45, 2.75) is 82.6 Å². The van der Waals surface area contributed by atoms with E-state index in [-0.39, 0.29) is 30.9 Å². The first-order chi connectivity index (χ1) is 15.8. The molecule has 0 unspecified atom stereocenters. The van der Waals surface area contributed by atoms with E-state index in [9.17, 15) is 17.6 Å². The number of halogens is 4. The number of hydrogen-bond acceptors (Lipinski definition) is 2. The predicted molar refractivity (Wildman–Crippen MR) is 119 cm³/mol. The van der Waals surface area contributed by atoms with Gasteiger partial charge in [-0.05, 0) is 73.1 Å². The molecule has 4 rings (SSSR count). The number of benzene rings is 2. The van der Waals surface area contributed by atoms with Gasteiger partial charge in [-0.3, -0.25) is 0 Å². The molecular weight excluding hydrogens is 432 g/mol. The van der Waals surface area contributed by atoms with Crippen LogP contribution in [0.3, 0.4) is 0 Å². The van der Waals surface area contributed by atoms with Crippen LogP contribution in [0.15, 0.2) is 30.3 Å². The van der Waals surface area contributed by atoms with Crippen LogP contribution in [0.1, 0.15) is 92.8 Å². The van der Waals surface area contributed by atoms with E-state index >= 15 is 0 Å². The Morgan fingerprint density at radius 2 is 1.45 bits per heavy atom. The van der Waals surface area contributed by atoms with Crippen LogP contribution in [-0.2, 0) is 15.9 Å². The van der Waals surface area contributed by atoms with Gasteiger partial charge in [-0.2, -0.15) is 0 Å². The number of alkyl halides is 1. The van der Waals surface area contributed by atoms with Gasteiger partial charge in [-0.25, -0.2) is 17.6 Å². The molecule has 1 aliphatic heterocycles. The van der Waals surface area contributed by atoms with Crippen molar-refractivity contribution >= 4 is 0 Å². The molecule has 2 fully saturated rings. The second-order valence-electron chi connectivity index (χ2n) is 9.48. The molecule has 180 valence electrons. The summed E-state index contributed by atoms with van der Waals surface area (Å²) in [4.78, 5) is 0. The van der Waals surface area contributed by atoms with Gasteiger partial charge < -0.3 is 9.47 Å². The molecule has 0 aromatic heterocycles. The van der Waals surface area contributed by atoms with Crippen LogP contribution in [0.5, 0.6) is 0 Å². The van der Waals surface area contributed by atoms with Crippen molar-refractivity contribution in [1.29, 1.82) is 0 Å². The molecule has 1 saturated carbocycles. The summed E-state index contributed by atoms with van der Waals surface area (Å²) in [5.74, 6) is -1.85. The Labute approximate surface area is 193 Å². The maximum Gasteiger partial charge on any atom is 0.184 e. The highest BCUT2D eigenvalue weighted by atomic mass is 19.2. The van der Waals surface area contributed by atoms with Gasteiger partial charge in [0, 0.05) is 5.56 Å². The highest BCUT2D eigenvalue weighted by Gasteiger charge is 2.37. The largest absolute Gasteiger partial charge is 0.345 e. The minimum absolute atomic E-state index is 0.0226. The summed E-state index contributed by atoms with van der Waals surface area (Å²) in [5.41, 5.74) is 0.490. The molecule has 0 amide bonds. The van der Waals surface area contributed by atoms with Crippen molar-refractivity contribution in [2.75, 3.05) is 13.2 Å². The van der Waals surface area contributed by atoms with Crippen LogP contribution < -0.4 is 0 Å². The summed E-state index contributed by atoms with van der Waals surface area (Å²) >= 11 is 0. The van der Waals surface area contributed by atoms with Crippen molar-refractivity contribution in [1.82, 2.24) is 0 Å². The first-order valence-corrected chi connectivity index (χ1v) is 12.0. The van der Waals surface area contributed by atoms with Gasteiger partial charge in [0.25, 0.3) is 0 Å². The van der Waals surface area contributed by atoms with Gasteiger partial charge in [0.1, 0.15) is 5.82 Å². The molecule has 0 bridgehead atoms. The highest BCUT2D eigenvalue weighted by molar-refractivity contribution is 5.32. The van der Waals surface area contributed by atoms with Gasteiger partial charge in [0.2, 0.25) is 0 Å². The van der Waals surface area contributed by atoms with Gasteiger partial charge >= 0.3 is 0 Å². The Kier molecular flexibility index (Phi) is 7.44. The third-order valence-corrected chi connectivity index (χ3v) is 7.16. The Morgan fingerprint density at radius 1 is 0.848 bits per heavy atom. The normalized spacial score (nSPS) is 28.1. The zero-order valence-electron chi connectivity index (χ0n) is 19.3. The van der Waals surface area contributed by atoms with Crippen LogP contribution in [0.25, 0.3) is 0 Å². The van der Waals surface area contributed by atoms with E-state index in [0.717, 1.165) is 0 Å². The molecule has 0 spiro atoms. The molecule has 2 aromatic rings. The monoisotopic (exact) mass is 464 g/mol. The average molecular weight is 465 g/mol. The smallest absolute Gasteiger partial charge is 0.184 e. The van der Waals surface area contributed by atoms with Crippen LogP contribution >= 0.6 is 0 Å². The predicted octanol–water partition coefficient (Wildman–Crippen LogP) is 7.66. The average Bonchev–Trinajstić information content (AvgIpc) is 2.81. The van der Waals surface area contributed by atoms with E-state index in [4.69, 9.17) is 9.47 Å². The summed E-state index contributed by atoms with van der Waals surface area (Å²) in [6.45, 7) is 3.59. The number of hydrogen-bond donors (Lipinski definition) is 0. The molecule has 0 atom stereocenters. The van der Waals surface area contributed by atoms with E-state index in [2.05, 4.69) is 0 Å². The fourth-order valence-corrected chi connectivity index (χ4v) is 5.25. The second-order valence-corrected chi connectivity index (χ2v) is 9.48. The maximum atomic E-state index is 15.0. The standard InChI is InChI=1S/C27H32F4O2/c1-3-13-27(31)15-32-26(33-16-27)20-10-11-21(23(28)14-20)18-5-7-19(8-6-18)22-12-9-17(4-2)24(29)25(22)30/h9-12,14,18-19,26H,3-8,13,15-16H2,1-2H3. The van der Waals surface area contributed by atoms with Gasteiger partial charge in [0.05, 0.1) is 13.2 Å². The lowest BCUT2D eigenvalue weighted by Crippen LogP contribution is -2.41. The van der Waals surface area contributed by atoms with Crippen LogP contribution in [0, 0.1) is 17.5 Å². The third-order valence-electron chi connectivity index (χ3n) is 7.16. The fraction of sp³-hybridized carbons (Fsp3) is 0.556. The topological polar surface area (TPSA) is 18.5 Å². The van der Waals surface area contributed by atoms with Crippen LogP contribution in [0.2, 0.25) is 0 Å². The molecule has 0 N–H and O–H groups in total. The molecule has 2 nitrogen and oxygen atoms in total. The first kappa shape index (κ1) is 24.2. The molecule has 1 saturated heterocycles. The molecule has 2 aliphatic rings. The van der Waals surface area contributed by atoms with E-state index in [1.54, 1.807) is 31.2 Å². The first-order valence-electron chi connectivity index (χ1n) is 12.0. The zero-order chi connectivity index (χ0) is 23.6. The van der Waals surface area contributed by atoms with E-state index < -0.39 is 23.6 Å². The Hall–Kier alpha value is -1.92. The lowest BCUT2D eigenvalue weighted by molar-refractivity contribution is -0.239. The van der Waals surface area contributed by atoms with Crippen molar-refractivity contribution in [3.8, 4) is 0 Å². The van der Waals surface area contributed by atoms with E-state index in [1.165, 1.54) is 6.07 Å². The molecule has 0 radical (unpaired) electrons. The van der Waals surface area contributed by atoms with Gasteiger partial charge in [0.15, 0.2) is 23.6 Å². The third kappa shape index (κ3) is 5.12. The minimum Gasteiger partial charge on any atom is -0.345 e. The highest BCUT2D eigenvalue weighted by Crippen LogP contribution is 2.43. The molecule has 1 aliphatic carbocycles. The zero-order valence-corrected chi connectivity index (χ0v) is 19.3. The lowest BCUT2D eigenvalue weighted by Gasteiger charge is -2.34. The SMILES string of the molecule is CCCC1(F)COC(c2ccc(C3CCC(c4ccc(CC)c(F)c4F)CC3)c(F)c2)OC1. The summed E-state index contributed by atoms with van der Waals surface area (Å²) in [6, 6.07) is 8.31. The van der Waals surface area contributed by atoms with E-state index in [0.29, 0.717) is 67.2 Å². The van der Waals surface area contributed by atoms with E-state index in [1.807, 2.05) is 6.92 Å². The quantitative estimate of drug-likeness (QED) is 0.409. The van der Waals surface area contributed by atoms with Crippen molar-refractivity contribution in [3.63, 3.8) is 0 Å².